The lowest BCUT2D eigenvalue weighted by molar-refractivity contribution is -0.131. The van der Waals surface area contributed by atoms with Crippen molar-refractivity contribution < 1.29 is 15.0 Å². The number of nitrogens with two attached hydrogens (primary N) is 1. The molecule has 0 aliphatic carbocycles. The van der Waals surface area contributed by atoms with Gasteiger partial charge < -0.3 is 15.9 Å². The summed E-state index contributed by atoms with van der Waals surface area (Å²) in [7, 11) is 0. The molecule has 0 fully saturated rings. The Morgan fingerprint density at radius 2 is 2.07 bits per heavy atom. The maximum absolute atomic E-state index is 10.6. The second-order valence-electron chi connectivity index (χ2n) is 2.85. The normalized spacial score (nSPS) is 14.8. The van der Waals surface area contributed by atoms with Crippen LogP contribution < -0.4 is 5.73 Å². The van der Waals surface area contributed by atoms with Crippen molar-refractivity contribution in [3.05, 3.63) is 34.9 Å². The van der Waals surface area contributed by atoms with Gasteiger partial charge in [0.1, 0.15) is 6.10 Å². The molecule has 0 saturated heterocycles. The van der Waals surface area contributed by atoms with Gasteiger partial charge in [0.25, 0.3) is 0 Å². The molecule has 1 rings (SSSR count). The molecule has 0 spiro atoms. The summed E-state index contributed by atoms with van der Waals surface area (Å²) in [5.74, 6) is -0.975. The lowest BCUT2D eigenvalue weighted by Crippen LogP contribution is -2.33. The average Bonchev–Trinajstić information content (AvgIpc) is 2.15. The molecule has 5 heteroatoms. The lowest BCUT2D eigenvalue weighted by Gasteiger charge is -2.14. The Kier molecular flexibility index (Phi) is 3.46. The zero-order chi connectivity index (χ0) is 10.7. The Morgan fingerprint density at radius 1 is 1.43 bits per heavy atom. The quantitative estimate of drug-likeness (QED) is 0.675. The number of benzene rings is 1. The van der Waals surface area contributed by atoms with Gasteiger partial charge in [-0.25, -0.2) is 0 Å². The predicted octanol–water partition coefficient (Wildman–Crippen LogP) is 0.220. The SMILES string of the molecule is NC(=O)C(O)C(O)c1cccc(Cl)c1. The van der Waals surface area contributed by atoms with Gasteiger partial charge in [0.15, 0.2) is 6.10 Å². The van der Waals surface area contributed by atoms with Crippen LogP contribution in [0.4, 0.5) is 0 Å². The van der Waals surface area contributed by atoms with E-state index in [1.807, 2.05) is 0 Å². The van der Waals surface area contributed by atoms with E-state index in [-0.39, 0.29) is 0 Å². The molecule has 2 unspecified atom stereocenters. The Balaban J connectivity index is 2.89. The molecule has 1 aromatic carbocycles. The first-order chi connectivity index (χ1) is 6.52. The van der Waals surface area contributed by atoms with Gasteiger partial charge in [-0.3, -0.25) is 4.79 Å². The van der Waals surface area contributed by atoms with Crippen LogP contribution >= 0.6 is 11.6 Å². The number of hydrogen-bond donors (Lipinski definition) is 3. The van der Waals surface area contributed by atoms with Crippen LogP contribution in [-0.4, -0.2) is 22.2 Å². The molecule has 1 amide bonds. The highest BCUT2D eigenvalue weighted by Gasteiger charge is 2.23. The van der Waals surface area contributed by atoms with Gasteiger partial charge in [0, 0.05) is 5.02 Å². The van der Waals surface area contributed by atoms with E-state index in [0.29, 0.717) is 10.6 Å². The summed E-state index contributed by atoms with van der Waals surface area (Å²) in [6.07, 6.45) is -2.96. The van der Waals surface area contributed by atoms with Crippen LogP contribution in [-0.2, 0) is 4.79 Å². The van der Waals surface area contributed by atoms with Crippen molar-refractivity contribution in [2.45, 2.75) is 12.2 Å². The Labute approximate surface area is 85.9 Å². The maximum Gasteiger partial charge on any atom is 0.249 e. The van der Waals surface area contributed by atoms with Crippen molar-refractivity contribution in [2.75, 3.05) is 0 Å². The third-order valence-electron chi connectivity index (χ3n) is 1.78. The fourth-order valence-electron chi connectivity index (χ4n) is 1.03. The van der Waals surface area contributed by atoms with E-state index in [2.05, 4.69) is 0 Å². The van der Waals surface area contributed by atoms with Gasteiger partial charge in [0.2, 0.25) is 5.91 Å². The zero-order valence-electron chi connectivity index (χ0n) is 7.22. The van der Waals surface area contributed by atoms with Crippen LogP contribution in [0, 0.1) is 0 Å². The molecular weight excluding hydrogens is 206 g/mol. The summed E-state index contributed by atoms with van der Waals surface area (Å²) in [5, 5.41) is 19.1. The highest BCUT2D eigenvalue weighted by atomic mass is 35.5. The van der Waals surface area contributed by atoms with Crippen molar-refractivity contribution in [1.82, 2.24) is 0 Å². The number of aliphatic hydroxyl groups excluding tert-OH is 2. The highest BCUT2D eigenvalue weighted by molar-refractivity contribution is 6.30. The summed E-state index contributed by atoms with van der Waals surface area (Å²) in [6, 6.07) is 6.23. The van der Waals surface area contributed by atoms with E-state index in [1.54, 1.807) is 18.2 Å². The van der Waals surface area contributed by atoms with Gasteiger partial charge in [-0.05, 0) is 17.7 Å². The van der Waals surface area contributed by atoms with Crippen LogP contribution in [0.2, 0.25) is 5.02 Å². The molecule has 0 saturated carbocycles. The number of aliphatic hydroxyl groups is 2. The molecule has 14 heavy (non-hydrogen) atoms. The molecule has 1 aromatic rings. The van der Waals surface area contributed by atoms with E-state index in [1.165, 1.54) is 6.07 Å². The molecule has 4 N–H and O–H groups in total. The molecule has 2 atom stereocenters. The van der Waals surface area contributed by atoms with Gasteiger partial charge >= 0.3 is 0 Å². The minimum absolute atomic E-state index is 0.351. The number of amides is 1. The van der Waals surface area contributed by atoms with Gasteiger partial charge in [-0.15, -0.1) is 0 Å². The van der Waals surface area contributed by atoms with E-state index in [9.17, 15) is 15.0 Å². The van der Waals surface area contributed by atoms with Crippen LogP contribution in [0.15, 0.2) is 24.3 Å². The first-order valence-electron chi connectivity index (χ1n) is 3.93. The van der Waals surface area contributed by atoms with E-state index < -0.39 is 18.1 Å². The number of rotatable bonds is 3. The summed E-state index contributed by atoms with van der Waals surface area (Å²) < 4.78 is 0. The molecule has 0 heterocycles. The average molecular weight is 216 g/mol. The van der Waals surface area contributed by atoms with Crippen molar-refractivity contribution in [3.63, 3.8) is 0 Å². The molecule has 0 aliphatic heterocycles. The monoisotopic (exact) mass is 215 g/mol. The number of primary amides is 1. The Hall–Kier alpha value is -1.10. The van der Waals surface area contributed by atoms with Crippen LogP contribution in [0.5, 0.6) is 0 Å². The standard InChI is InChI=1S/C9H10ClNO3/c10-6-3-1-2-5(4-6)7(12)8(13)9(11)14/h1-4,7-8,12-13H,(H2,11,14). The third-order valence-corrected chi connectivity index (χ3v) is 2.02. The summed E-state index contributed by atoms with van der Waals surface area (Å²) in [6.45, 7) is 0. The first-order valence-corrected chi connectivity index (χ1v) is 4.31. The van der Waals surface area contributed by atoms with Crippen molar-refractivity contribution >= 4 is 17.5 Å². The maximum atomic E-state index is 10.6. The Bertz CT molecular complexity index is 343. The van der Waals surface area contributed by atoms with Crippen molar-refractivity contribution in [3.8, 4) is 0 Å². The molecule has 4 nitrogen and oxygen atoms in total. The lowest BCUT2D eigenvalue weighted by atomic mass is 10.0. The van der Waals surface area contributed by atoms with Crippen LogP contribution in [0.3, 0.4) is 0 Å². The van der Waals surface area contributed by atoms with Crippen molar-refractivity contribution in [2.24, 2.45) is 5.73 Å². The number of hydrogen-bond acceptors (Lipinski definition) is 3. The summed E-state index contributed by atoms with van der Waals surface area (Å²) >= 11 is 5.66. The molecule has 0 bridgehead atoms. The van der Waals surface area contributed by atoms with Gasteiger partial charge in [-0.1, -0.05) is 23.7 Å². The van der Waals surface area contributed by atoms with Crippen molar-refractivity contribution in [1.29, 1.82) is 0 Å². The summed E-state index contributed by atoms with van der Waals surface area (Å²) in [5.41, 5.74) is 5.18. The molecule has 0 aliphatic rings. The topological polar surface area (TPSA) is 83.6 Å². The van der Waals surface area contributed by atoms with E-state index >= 15 is 0 Å². The molecule has 76 valence electrons. The highest BCUT2D eigenvalue weighted by Crippen LogP contribution is 2.20. The van der Waals surface area contributed by atoms with Crippen LogP contribution in [0.25, 0.3) is 0 Å². The number of carbonyl (C=O) groups is 1. The largest absolute Gasteiger partial charge is 0.385 e. The van der Waals surface area contributed by atoms with Crippen LogP contribution in [0.1, 0.15) is 11.7 Å². The molecule has 0 aromatic heterocycles. The minimum atomic E-state index is -1.62. The number of carbonyl (C=O) groups excluding carboxylic acids is 1. The first kappa shape index (κ1) is 11.0. The predicted molar refractivity (Wildman–Crippen MR) is 51.6 cm³/mol. The van der Waals surface area contributed by atoms with E-state index in [4.69, 9.17) is 17.3 Å². The fourth-order valence-corrected chi connectivity index (χ4v) is 1.23. The molecular formula is C9H10ClNO3. The van der Waals surface area contributed by atoms with E-state index in [0.717, 1.165) is 0 Å². The molecule has 0 radical (unpaired) electrons. The summed E-state index contributed by atoms with van der Waals surface area (Å²) in [4.78, 5) is 10.6. The second-order valence-corrected chi connectivity index (χ2v) is 3.28. The van der Waals surface area contributed by atoms with Gasteiger partial charge in [0.05, 0.1) is 0 Å². The number of halogens is 1. The third kappa shape index (κ3) is 2.45. The fraction of sp³-hybridized carbons (Fsp3) is 0.222. The van der Waals surface area contributed by atoms with Gasteiger partial charge in [-0.2, -0.15) is 0 Å². The smallest absolute Gasteiger partial charge is 0.249 e. The Morgan fingerprint density at radius 3 is 2.57 bits per heavy atom. The second kappa shape index (κ2) is 4.41. The zero-order valence-corrected chi connectivity index (χ0v) is 7.98. The minimum Gasteiger partial charge on any atom is -0.385 e.